The lowest BCUT2D eigenvalue weighted by Crippen LogP contribution is -2.25. The van der Waals surface area contributed by atoms with E-state index in [0.717, 1.165) is 0 Å². The standard InChI is InChI=1S/C11H14O3.C6H6O.C4H8.CO2/c1-11(2,3)14-10(12)13-9-7-5-4-6-8-9;7-6-4-2-1-3-5-6;1-4(2)3;2-1-3/h4-8H,1-3H3;1-5,7H;1H2,2-3H3;. The van der Waals surface area contributed by atoms with E-state index < -0.39 is 11.8 Å². The zero-order valence-corrected chi connectivity index (χ0v) is 17.0. The van der Waals surface area contributed by atoms with E-state index in [1.54, 1.807) is 69.3 Å². The first-order valence-corrected chi connectivity index (χ1v) is 8.33. The second-order valence-electron chi connectivity index (χ2n) is 6.51. The summed E-state index contributed by atoms with van der Waals surface area (Å²) < 4.78 is 9.91. The lowest BCUT2D eigenvalue weighted by atomic mass is 10.2. The second-order valence-corrected chi connectivity index (χ2v) is 6.51. The van der Waals surface area contributed by atoms with Crippen LogP contribution in [0, 0.1) is 0 Å². The van der Waals surface area contributed by atoms with Gasteiger partial charge in [-0.3, -0.25) is 0 Å². The molecule has 2 rings (SSSR count). The number of phenols is 1. The monoisotopic (exact) mass is 388 g/mol. The Bertz CT molecular complexity index is 693. The summed E-state index contributed by atoms with van der Waals surface area (Å²) in [7, 11) is 0. The molecule has 0 heterocycles. The van der Waals surface area contributed by atoms with E-state index in [9.17, 15) is 4.79 Å². The van der Waals surface area contributed by atoms with E-state index in [2.05, 4.69) is 6.58 Å². The van der Waals surface area contributed by atoms with Crippen LogP contribution in [0.1, 0.15) is 34.6 Å². The Kier molecular flexibility index (Phi) is 15.2. The van der Waals surface area contributed by atoms with Crippen LogP contribution in [0.4, 0.5) is 4.79 Å². The van der Waals surface area contributed by atoms with Gasteiger partial charge in [0.2, 0.25) is 0 Å². The van der Waals surface area contributed by atoms with E-state index in [4.69, 9.17) is 24.2 Å². The highest BCUT2D eigenvalue weighted by molar-refractivity contribution is 5.64. The van der Waals surface area contributed by atoms with Gasteiger partial charge in [0.05, 0.1) is 0 Å². The average molecular weight is 388 g/mol. The molecule has 0 aliphatic rings. The summed E-state index contributed by atoms with van der Waals surface area (Å²) in [6.07, 6.45) is -0.427. The number of carbonyl (C=O) groups excluding carboxylic acids is 3. The summed E-state index contributed by atoms with van der Waals surface area (Å²) in [5, 5.41) is 8.63. The number of hydrogen-bond acceptors (Lipinski definition) is 6. The molecule has 1 N–H and O–H groups in total. The Labute approximate surface area is 166 Å². The van der Waals surface area contributed by atoms with Gasteiger partial charge in [0.1, 0.15) is 17.1 Å². The van der Waals surface area contributed by atoms with Gasteiger partial charge in [-0.15, -0.1) is 6.58 Å². The highest BCUT2D eigenvalue weighted by Gasteiger charge is 2.17. The zero-order chi connectivity index (χ0) is 22.0. The molecule has 0 atom stereocenters. The Hall–Kier alpha value is -3.37. The molecule has 2 aromatic carbocycles. The molecule has 0 aliphatic carbocycles. The van der Waals surface area contributed by atoms with Crippen LogP contribution in [-0.2, 0) is 14.3 Å². The lowest BCUT2D eigenvalue weighted by Gasteiger charge is -2.18. The zero-order valence-electron chi connectivity index (χ0n) is 17.0. The number of ether oxygens (including phenoxy) is 2. The molecule has 0 aromatic heterocycles. The SMILES string of the molecule is C=C(C)C.CC(C)(C)OC(=O)Oc1ccccc1.O=C=O.Oc1ccccc1. The van der Waals surface area contributed by atoms with Crippen molar-refractivity contribution in [1.29, 1.82) is 0 Å². The molecule has 2 aromatic rings. The van der Waals surface area contributed by atoms with Crippen LogP contribution in [0.15, 0.2) is 72.8 Å². The van der Waals surface area contributed by atoms with Crippen LogP contribution in [0.2, 0.25) is 0 Å². The quantitative estimate of drug-likeness (QED) is 0.400. The normalized spacial score (nSPS) is 8.75. The predicted octanol–water partition coefficient (Wildman–Crippen LogP) is 5.39. The molecular formula is C22H28O6. The number of para-hydroxylation sites is 2. The maximum absolute atomic E-state index is 11.2. The van der Waals surface area contributed by atoms with E-state index in [0.29, 0.717) is 11.5 Å². The number of rotatable bonds is 1. The van der Waals surface area contributed by atoms with Crippen LogP contribution in [0.25, 0.3) is 0 Å². The van der Waals surface area contributed by atoms with Crippen molar-refractivity contribution in [3.05, 3.63) is 72.8 Å². The van der Waals surface area contributed by atoms with Gasteiger partial charge in [0.15, 0.2) is 0 Å². The Morgan fingerprint density at radius 3 is 1.57 bits per heavy atom. The number of carbonyl (C=O) groups is 1. The highest BCUT2D eigenvalue weighted by Crippen LogP contribution is 2.13. The van der Waals surface area contributed by atoms with Crippen molar-refractivity contribution in [3.8, 4) is 11.5 Å². The first-order chi connectivity index (χ1) is 13.0. The van der Waals surface area contributed by atoms with Crippen molar-refractivity contribution >= 4 is 12.3 Å². The van der Waals surface area contributed by atoms with Gasteiger partial charge in [0.25, 0.3) is 0 Å². The third-order valence-corrected chi connectivity index (χ3v) is 2.09. The van der Waals surface area contributed by atoms with Gasteiger partial charge < -0.3 is 14.6 Å². The van der Waals surface area contributed by atoms with Gasteiger partial charge >= 0.3 is 12.3 Å². The Morgan fingerprint density at radius 2 is 1.29 bits per heavy atom. The first kappa shape index (κ1) is 26.9. The maximum atomic E-state index is 11.2. The van der Waals surface area contributed by atoms with Crippen LogP contribution in [-0.4, -0.2) is 23.0 Å². The molecule has 28 heavy (non-hydrogen) atoms. The lowest BCUT2D eigenvalue weighted by molar-refractivity contribution is -0.191. The van der Waals surface area contributed by atoms with Crippen molar-refractivity contribution in [1.82, 2.24) is 0 Å². The summed E-state index contributed by atoms with van der Waals surface area (Å²) in [4.78, 5) is 27.4. The molecule has 0 saturated carbocycles. The predicted molar refractivity (Wildman–Crippen MR) is 107 cm³/mol. The Balaban J connectivity index is 0. The van der Waals surface area contributed by atoms with Gasteiger partial charge in [-0.25, -0.2) is 4.79 Å². The summed E-state index contributed by atoms with van der Waals surface area (Å²) in [5.74, 6) is 0.809. The third kappa shape index (κ3) is 22.6. The Morgan fingerprint density at radius 1 is 0.929 bits per heavy atom. The van der Waals surface area contributed by atoms with Crippen molar-refractivity contribution < 1.29 is 29.0 Å². The molecule has 0 unspecified atom stereocenters. The smallest absolute Gasteiger partial charge is 0.508 e. The molecule has 0 fully saturated rings. The van der Waals surface area contributed by atoms with Gasteiger partial charge in [-0.1, -0.05) is 42.0 Å². The fourth-order valence-corrected chi connectivity index (χ4v) is 1.28. The van der Waals surface area contributed by atoms with Crippen LogP contribution in [0.5, 0.6) is 11.5 Å². The highest BCUT2D eigenvalue weighted by atomic mass is 16.7. The minimum Gasteiger partial charge on any atom is -0.508 e. The van der Waals surface area contributed by atoms with Gasteiger partial charge in [-0.05, 0) is 58.9 Å². The molecule has 0 radical (unpaired) electrons. The van der Waals surface area contributed by atoms with Crippen molar-refractivity contribution in [2.45, 2.75) is 40.2 Å². The largest absolute Gasteiger partial charge is 0.514 e. The molecule has 0 spiro atoms. The fourth-order valence-electron chi connectivity index (χ4n) is 1.28. The van der Waals surface area contributed by atoms with E-state index >= 15 is 0 Å². The second kappa shape index (κ2) is 15.9. The van der Waals surface area contributed by atoms with Crippen molar-refractivity contribution in [2.24, 2.45) is 0 Å². The van der Waals surface area contributed by atoms with E-state index in [1.165, 1.54) is 5.57 Å². The number of hydrogen-bond donors (Lipinski definition) is 1. The maximum Gasteiger partial charge on any atom is 0.514 e. The molecule has 6 nitrogen and oxygen atoms in total. The summed E-state index contributed by atoms with van der Waals surface area (Å²) in [5.41, 5.74) is 0.645. The first-order valence-electron chi connectivity index (χ1n) is 8.33. The number of benzene rings is 2. The summed E-state index contributed by atoms with van der Waals surface area (Å²) >= 11 is 0. The number of phenolic OH excluding ortho intramolecular Hbond substituents is 1. The fraction of sp³-hybridized carbons (Fsp3) is 0.273. The van der Waals surface area contributed by atoms with Crippen molar-refractivity contribution in [3.63, 3.8) is 0 Å². The van der Waals surface area contributed by atoms with Crippen LogP contribution >= 0.6 is 0 Å². The third-order valence-electron chi connectivity index (χ3n) is 2.09. The minimum atomic E-state index is -0.677. The number of allylic oxidation sites excluding steroid dienone is 1. The minimum absolute atomic E-state index is 0.250. The van der Waals surface area contributed by atoms with E-state index in [-0.39, 0.29) is 6.15 Å². The molecule has 0 bridgehead atoms. The molecule has 0 saturated heterocycles. The van der Waals surface area contributed by atoms with Crippen LogP contribution < -0.4 is 4.74 Å². The topological polar surface area (TPSA) is 89.9 Å². The molecule has 0 aliphatic heterocycles. The van der Waals surface area contributed by atoms with E-state index in [1.807, 2.05) is 26.0 Å². The molecule has 0 amide bonds. The van der Waals surface area contributed by atoms with Crippen LogP contribution in [0.3, 0.4) is 0 Å². The van der Waals surface area contributed by atoms with Gasteiger partial charge in [-0.2, -0.15) is 9.59 Å². The van der Waals surface area contributed by atoms with Gasteiger partial charge in [0, 0.05) is 0 Å². The molecular weight excluding hydrogens is 360 g/mol. The van der Waals surface area contributed by atoms with Crippen molar-refractivity contribution in [2.75, 3.05) is 0 Å². The summed E-state index contributed by atoms with van der Waals surface area (Å²) in [6.45, 7) is 12.9. The number of aromatic hydroxyl groups is 1. The summed E-state index contributed by atoms with van der Waals surface area (Å²) in [6, 6.07) is 17.5. The molecule has 152 valence electrons. The average Bonchev–Trinajstić information content (AvgIpc) is 2.55. The molecule has 6 heteroatoms.